The second-order valence-corrected chi connectivity index (χ2v) is 13.4. The fourth-order valence-corrected chi connectivity index (χ4v) is 6.17. The first-order valence-electron chi connectivity index (χ1n) is 14.8. The summed E-state index contributed by atoms with van der Waals surface area (Å²) in [5.74, 6) is 0.487. The van der Waals surface area contributed by atoms with Gasteiger partial charge in [0.05, 0.1) is 22.9 Å². The molecule has 46 heavy (non-hydrogen) atoms. The summed E-state index contributed by atoms with van der Waals surface area (Å²) in [5, 5.41) is 7.75. The van der Waals surface area contributed by atoms with Gasteiger partial charge in [0, 0.05) is 59.2 Å². The van der Waals surface area contributed by atoms with E-state index in [2.05, 4.69) is 41.5 Å². The summed E-state index contributed by atoms with van der Waals surface area (Å²) in [7, 11) is 1.81. The molecule has 0 fully saturated rings. The Labute approximate surface area is 280 Å². The first-order valence-corrected chi connectivity index (χ1v) is 16.0. The number of carbonyl (C=O) groups is 2. The third kappa shape index (κ3) is 6.29. The van der Waals surface area contributed by atoms with Crippen LogP contribution in [0.1, 0.15) is 48.3 Å². The number of benzene rings is 2. The van der Waals surface area contributed by atoms with Gasteiger partial charge in [0.2, 0.25) is 0 Å². The Hall–Kier alpha value is -4.48. The molecule has 0 aliphatic carbocycles. The molecule has 3 aromatic heterocycles. The molecule has 10 nitrogen and oxygen atoms in total. The maximum Gasteiger partial charge on any atom is 0.410 e. The summed E-state index contributed by atoms with van der Waals surface area (Å²) in [5.41, 5.74) is 5.68. The van der Waals surface area contributed by atoms with E-state index in [4.69, 9.17) is 16.3 Å². The maximum absolute atomic E-state index is 13.5. The number of halogens is 2. The van der Waals surface area contributed by atoms with E-state index in [9.17, 15) is 9.59 Å². The number of pyridine rings is 2. The van der Waals surface area contributed by atoms with Gasteiger partial charge in [-0.3, -0.25) is 9.78 Å². The maximum atomic E-state index is 13.5. The van der Waals surface area contributed by atoms with E-state index in [1.165, 1.54) is 0 Å². The van der Waals surface area contributed by atoms with Crippen LogP contribution in [0.5, 0.6) is 0 Å². The molecule has 0 spiro atoms. The zero-order chi connectivity index (χ0) is 32.7. The van der Waals surface area contributed by atoms with Crippen LogP contribution < -0.4 is 10.6 Å². The molecule has 1 aliphatic heterocycles. The Morgan fingerprint density at radius 2 is 1.78 bits per heavy atom. The fraction of sp³-hybridized carbons (Fsp3) is 0.265. The first-order chi connectivity index (χ1) is 21.9. The third-order valence-corrected chi connectivity index (χ3v) is 8.64. The van der Waals surface area contributed by atoms with E-state index in [1.54, 1.807) is 27.9 Å². The molecular formula is C34H33BrClN7O3. The van der Waals surface area contributed by atoms with E-state index in [1.807, 2.05) is 77.2 Å². The van der Waals surface area contributed by atoms with Crippen LogP contribution in [0, 0.1) is 6.92 Å². The Balaban J connectivity index is 1.24. The monoisotopic (exact) mass is 701 g/mol. The molecule has 12 heteroatoms. The first kappa shape index (κ1) is 31.5. The molecule has 0 unspecified atom stereocenters. The van der Waals surface area contributed by atoms with Gasteiger partial charge in [0.1, 0.15) is 11.1 Å². The van der Waals surface area contributed by atoms with Gasteiger partial charge in [-0.1, -0.05) is 35.9 Å². The summed E-state index contributed by atoms with van der Waals surface area (Å²) in [6, 6.07) is 15.4. The van der Waals surface area contributed by atoms with Crippen LogP contribution in [-0.2, 0) is 24.8 Å². The molecule has 2 aromatic carbocycles. The molecular weight excluding hydrogens is 670 g/mol. The Morgan fingerprint density at radius 1 is 1.04 bits per heavy atom. The molecule has 0 radical (unpaired) electrons. The van der Waals surface area contributed by atoms with Crippen molar-refractivity contribution >= 4 is 67.6 Å². The summed E-state index contributed by atoms with van der Waals surface area (Å²) < 4.78 is 8.20. The second kappa shape index (κ2) is 12.4. The molecule has 6 rings (SSSR count). The van der Waals surface area contributed by atoms with Gasteiger partial charge in [-0.25, -0.2) is 14.8 Å². The number of nitrogens with zero attached hydrogens (tertiary/aromatic N) is 5. The van der Waals surface area contributed by atoms with Crippen LogP contribution in [0.15, 0.2) is 65.4 Å². The molecule has 236 valence electrons. The van der Waals surface area contributed by atoms with Gasteiger partial charge < -0.3 is 24.8 Å². The Bertz CT molecular complexity index is 2000. The predicted octanol–water partition coefficient (Wildman–Crippen LogP) is 8.04. The molecule has 1 aliphatic rings. The predicted molar refractivity (Wildman–Crippen MR) is 184 cm³/mol. The minimum absolute atomic E-state index is 0.239. The minimum atomic E-state index is -0.597. The number of nitrogens with one attached hydrogen (secondary N) is 2. The largest absolute Gasteiger partial charge is 0.444 e. The lowest BCUT2D eigenvalue weighted by Gasteiger charge is -2.29. The van der Waals surface area contributed by atoms with Gasteiger partial charge >= 0.3 is 6.09 Å². The number of anilines is 3. The highest BCUT2D eigenvalue weighted by atomic mass is 79.9. The molecule has 5 aromatic rings. The number of carbonyl (C=O) groups excluding carboxylic acids is 2. The summed E-state index contributed by atoms with van der Waals surface area (Å²) in [6.45, 7) is 8.26. The van der Waals surface area contributed by atoms with Crippen molar-refractivity contribution in [1.29, 1.82) is 0 Å². The zero-order valence-electron chi connectivity index (χ0n) is 26.1. The molecule has 2 amide bonds. The van der Waals surface area contributed by atoms with Crippen molar-refractivity contribution in [3.8, 4) is 11.1 Å². The van der Waals surface area contributed by atoms with Gasteiger partial charge in [0.15, 0.2) is 11.6 Å². The molecule has 2 N–H and O–H groups in total. The van der Waals surface area contributed by atoms with Gasteiger partial charge in [-0.2, -0.15) is 0 Å². The van der Waals surface area contributed by atoms with Crippen molar-refractivity contribution in [2.45, 2.75) is 46.3 Å². The van der Waals surface area contributed by atoms with Crippen LogP contribution in [0.3, 0.4) is 0 Å². The summed E-state index contributed by atoms with van der Waals surface area (Å²) in [6.07, 6.45) is 3.66. The van der Waals surface area contributed by atoms with E-state index >= 15 is 0 Å². The van der Waals surface area contributed by atoms with E-state index in [0.29, 0.717) is 35.2 Å². The van der Waals surface area contributed by atoms with Gasteiger partial charge in [-0.05, 0) is 79.0 Å². The zero-order valence-corrected chi connectivity index (χ0v) is 28.5. The minimum Gasteiger partial charge on any atom is -0.444 e. The van der Waals surface area contributed by atoms with Crippen LogP contribution in [0.4, 0.5) is 22.0 Å². The highest BCUT2D eigenvalue weighted by Crippen LogP contribution is 2.38. The second-order valence-electron chi connectivity index (χ2n) is 12.1. The Morgan fingerprint density at radius 3 is 2.54 bits per heavy atom. The van der Waals surface area contributed by atoms with Crippen LogP contribution in [-0.4, -0.2) is 48.6 Å². The average molecular weight is 703 g/mol. The van der Waals surface area contributed by atoms with Crippen LogP contribution in [0.25, 0.3) is 22.0 Å². The Kier molecular flexibility index (Phi) is 8.47. The number of aromatic nitrogens is 4. The molecule has 0 bridgehead atoms. The van der Waals surface area contributed by atoms with E-state index in [-0.39, 0.29) is 12.4 Å². The van der Waals surface area contributed by atoms with E-state index in [0.717, 1.165) is 43.4 Å². The highest BCUT2D eigenvalue weighted by Gasteiger charge is 2.30. The number of amides is 2. The topological polar surface area (TPSA) is 114 Å². The quantitative estimate of drug-likeness (QED) is 0.191. The number of fused-ring (bicyclic) bond motifs is 2. The van der Waals surface area contributed by atoms with Crippen LogP contribution in [0.2, 0.25) is 5.02 Å². The van der Waals surface area contributed by atoms with Crippen molar-refractivity contribution in [3.05, 3.63) is 93.2 Å². The van der Waals surface area contributed by atoms with E-state index < -0.39 is 17.6 Å². The van der Waals surface area contributed by atoms with Gasteiger partial charge in [-0.15, -0.1) is 0 Å². The summed E-state index contributed by atoms with van der Waals surface area (Å²) in [4.78, 5) is 41.5. The average Bonchev–Trinajstić information content (AvgIpc) is 3.34. The molecule has 4 heterocycles. The lowest BCUT2D eigenvalue weighted by Crippen LogP contribution is -2.40. The van der Waals surface area contributed by atoms with Crippen molar-refractivity contribution in [3.63, 3.8) is 0 Å². The number of rotatable bonds is 5. The highest BCUT2D eigenvalue weighted by molar-refractivity contribution is 9.10. The third-order valence-electron chi connectivity index (χ3n) is 7.80. The van der Waals surface area contributed by atoms with Crippen molar-refractivity contribution < 1.29 is 14.3 Å². The van der Waals surface area contributed by atoms with Crippen molar-refractivity contribution in [1.82, 2.24) is 24.4 Å². The van der Waals surface area contributed by atoms with Gasteiger partial charge in [0.25, 0.3) is 5.91 Å². The smallest absolute Gasteiger partial charge is 0.410 e. The SMILES string of the molecule is Cc1c(Nc2nccc3cc(Br)cnc23)cccc1-c1cccc(NC(=O)c2nc3c(n2C)CCN(C(=O)OC(C)(C)C)C3)c1Cl. The normalized spacial score (nSPS) is 13.0. The lowest BCUT2D eigenvalue weighted by molar-refractivity contribution is 0.0220. The molecule has 0 saturated carbocycles. The summed E-state index contributed by atoms with van der Waals surface area (Å²) >= 11 is 10.4. The molecule has 0 atom stereocenters. The number of hydrogen-bond acceptors (Lipinski definition) is 7. The lowest BCUT2D eigenvalue weighted by atomic mass is 9.98. The fourth-order valence-electron chi connectivity index (χ4n) is 5.54. The number of ether oxygens (including phenoxy) is 1. The van der Waals surface area contributed by atoms with Crippen LogP contribution >= 0.6 is 27.5 Å². The van der Waals surface area contributed by atoms with Crippen molar-refractivity contribution in [2.24, 2.45) is 7.05 Å². The number of imidazole rings is 1. The molecule has 0 saturated heterocycles. The standard InChI is InChI=1S/C34H33BrClN7O3/c1-19-22(8-6-10-24(19)39-30-29-20(12-14-37-30)16-21(35)17-38-29)23-9-7-11-25(28(23)36)41-32(44)31-40-26-18-43(15-13-27(26)42(31)5)33(45)46-34(2,3)4/h6-12,14,16-17H,13,15,18H2,1-5H3,(H,37,39)(H,41,44). The van der Waals surface area contributed by atoms with Crippen molar-refractivity contribution in [2.75, 3.05) is 17.2 Å². The number of hydrogen-bond donors (Lipinski definition) is 2.